The molecule has 1 aliphatic carbocycles. The van der Waals surface area contributed by atoms with Gasteiger partial charge in [-0.25, -0.2) is 0 Å². The van der Waals surface area contributed by atoms with E-state index in [0.717, 1.165) is 38.9 Å². The maximum Gasteiger partial charge on any atom is 0.179 e. The molecule has 0 heterocycles. The van der Waals surface area contributed by atoms with Crippen molar-refractivity contribution in [3.63, 3.8) is 0 Å². The van der Waals surface area contributed by atoms with Crippen LogP contribution >= 0.6 is 0 Å². The number of rotatable bonds is 3. The summed E-state index contributed by atoms with van der Waals surface area (Å²) < 4.78 is 0. The van der Waals surface area contributed by atoms with Gasteiger partial charge in [-0.2, -0.15) is 0 Å². The molecule has 150 valence electrons. The third kappa shape index (κ3) is 3.12. The monoisotopic (exact) mass is 402 g/mol. The average molecular weight is 402 g/mol. The molecule has 0 saturated heterocycles. The highest BCUT2D eigenvalue weighted by Crippen LogP contribution is 2.44. The average Bonchev–Trinajstić information content (AvgIpc) is 3.07. The smallest absolute Gasteiger partial charge is 0.179 e. The number of carbonyl (C=O) groups excluding carboxylic acids is 2. The minimum absolute atomic E-state index is 0.106. The molecule has 0 aromatic heterocycles. The predicted octanol–water partition coefficient (Wildman–Crippen LogP) is 6.80. The van der Waals surface area contributed by atoms with Crippen molar-refractivity contribution in [2.45, 2.75) is 19.8 Å². The Morgan fingerprint density at radius 2 is 1.06 bits per heavy atom. The molecule has 31 heavy (non-hydrogen) atoms. The Kier molecular flexibility index (Phi) is 4.63. The van der Waals surface area contributed by atoms with Gasteiger partial charge in [0.25, 0.3) is 0 Å². The van der Waals surface area contributed by atoms with E-state index in [2.05, 4.69) is 0 Å². The Bertz CT molecular complexity index is 1240. The molecule has 0 bridgehead atoms. The summed E-state index contributed by atoms with van der Waals surface area (Å²) in [5.74, 6) is -1.00. The van der Waals surface area contributed by atoms with Crippen LogP contribution in [0.5, 0.6) is 0 Å². The molecule has 0 aliphatic heterocycles. The minimum Gasteiger partial charge on any atom is -0.293 e. The van der Waals surface area contributed by atoms with Crippen molar-refractivity contribution in [2.24, 2.45) is 0 Å². The number of aryl methyl sites for hydroxylation is 2. The fourth-order valence-corrected chi connectivity index (χ4v) is 4.59. The first-order valence-electron chi connectivity index (χ1n) is 10.5. The zero-order chi connectivity index (χ0) is 21.5. The molecule has 5 rings (SSSR count). The molecule has 0 spiro atoms. The molecule has 0 unspecified atom stereocenters. The molecule has 2 heteroatoms. The first-order valence-corrected chi connectivity index (χ1v) is 10.5. The number of ketones is 2. The molecule has 0 atom stereocenters. The van der Waals surface area contributed by atoms with E-state index < -0.39 is 5.92 Å². The SMILES string of the molecule is Cc1ccc(C)c(C2C(=O)c3c(-c4ccccc4)ccc(-c4ccccc4)c3C2=O)c1. The van der Waals surface area contributed by atoms with Crippen molar-refractivity contribution in [1.29, 1.82) is 0 Å². The maximum absolute atomic E-state index is 13.8. The van der Waals surface area contributed by atoms with Crippen LogP contribution in [0.2, 0.25) is 0 Å². The second kappa shape index (κ2) is 7.48. The lowest BCUT2D eigenvalue weighted by molar-refractivity contribution is 0.0890. The third-order valence-electron chi connectivity index (χ3n) is 6.14. The lowest BCUT2D eigenvalue weighted by atomic mass is 9.89. The molecule has 1 aliphatic rings. The second-order valence-corrected chi connectivity index (χ2v) is 8.16. The number of benzene rings is 4. The number of fused-ring (bicyclic) bond motifs is 1. The van der Waals surface area contributed by atoms with Crippen molar-refractivity contribution in [1.82, 2.24) is 0 Å². The third-order valence-corrected chi connectivity index (χ3v) is 6.14. The predicted molar refractivity (Wildman–Crippen MR) is 125 cm³/mol. The Balaban J connectivity index is 1.79. The summed E-state index contributed by atoms with van der Waals surface area (Å²) in [7, 11) is 0. The van der Waals surface area contributed by atoms with Crippen LogP contribution in [0, 0.1) is 13.8 Å². The van der Waals surface area contributed by atoms with Gasteiger partial charge in [0.1, 0.15) is 5.92 Å². The van der Waals surface area contributed by atoms with Gasteiger partial charge in [-0.15, -0.1) is 0 Å². The number of hydrogen-bond acceptors (Lipinski definition) is 2. The highest BCUT2D eigenvalue weighted by atomic mass is 16.2. The number of hydrogen-bond donors (Lipinski definition) is 0. The van der Waals surface area contributed by atoms with Crippen molar-refractivity contribution < 1.29 is 9.59 Å². The van der Waals surface area contributed by atoms with Crippen LogP contribution in [0.3, 0.4) is 0 Å². The van der Waals surface area contributed by atoms with E-state index in [1.807, 2.05) is 105 Å². The van der Waals surface area contributed by atoms with Crippen LogP contribution in [0.15, 0.2) is 91.0 Å². The molecule has 4 aromatic carbocycles. The highest BCUT2D eigenvalue weighted by molar-refractivity contribution is 6.33. The van der Waals surface area contributed by atoms with Crippen LogP contribution in [-0.2, 0) is 0 Å². The Hall–Kier alpha value is -3.78. The van der Waals surface area contributed by atoms with E-state index in [1.165, 1.54) is 0 Å². The summed E-state index contributed by atoms with van der Waals surface area (Å²) in [4.78, 5) is 27.7. The summed E-state index contributed by atoms with van der Waals surface area (Å²) in [5.41, 5.74) is 7.44. The highest BCUT2D eigenvalue weighted by Gasteiger charge is 2.43. The summed E-state index contributed by atoms with van der Waals surface area (Å²) in [6.07, 6.45) is 0. The molecule has 0 N–H and O–H groups in total. The molecular weight excluding hydrogens is 380 g/mol. The Morgan fingerprint density at radius 1 is 0.581 bits per heavy atom. The van der Waals surface area contributed by atoms with Gasteiger partial charge in [-0.05, 0) is 47.2 Å². The van der Waals surface area contributed by atoms with Crippen LogP contribution in [-0.4, -0.2) is 11.6 Å². The van der Waals surface area contributed by atoms with Crippen molar-refractivity contribution in [3.05, 3.63) is 119 Å². The lowest BCUT2D eigenvalue weighted by Gasteiger charge is -2.12. The molecule has 0 saturated carbocycles. The zero-order valence-electron chi connectivity index (χ0n) is 17.6. The standard InChI is InChI=1S/C29H22O2/c1-18-13-14-19(2)24(17-18)27-28(30)25-22(20-9-5-3-6-10-20)15-16-23(26(25)29(27)31)21-11-7-4-8-12-21/h3-17,27H,1-2H3. The normalized spacial score (nSPS) is 13.5. The van der Waals surface area contributed by atoms with Gasteiger partial charge in [-0.3, -0.25) is 9.59 Å². The summed E-state index contributed by atoms with van der Waals surface area (Å²) in [5, 5.41) is 0. The van der Waals surface area contributed by atoms with Gasteiger partial charge >= 0.3 is 0 Å². The summed E-state index contributed by atoms with van der Waals surface area (Å²) >= 11 is 0. The van der Waals surface area contributed by atoms with Crippen LogP contribution < -0.4 is 0 Å². The number of carbonyl (C=O) groups is 2. The van der Waals surface area contributed by atoms with Crippen molar-refractivity contribution in [2.75, 3.05) is 0 Å². The van der Waals surface area contributed by atoms with Gasteiger partial charge in [0, 0.05) is 11.1 Å². The summed E-state index contributed by atoms with van der Waals surface area (Å²) in [6.45, 7) is 3.96. The van der Waals surface area contributed by atoms with Crippen LogP contribution in [0.25, 0.3) is 22.3 Å². The first-order chi connectivity index (χ1) is 15.1. The second-order valence-electron chi connectivity index (χ2n) is 8.16. The van der Waals surface area contributed by atoms with Gasteiger partial charge in [-0.1, -0.05) is 96.6 Å². The molecule has 0 fully saturated rings. The first kappa shape index (κ1) is 19.2. The molecular formula is C29H22O2. The van der Waals surface area contributed by atoms with Gasteiger partial charge in [0.15, 0.2) is 11.6 Å². The quantitative estimate of drug-likeness (QED) is 0.353. The molecule has 0 amide bonds. The lowest BCUT2D eigenvalue weighted by Crippen LogP contribution is -2.14. The molecule has 4 aromatic rings. The topological polar surface area (TPSA) is 34.1 Å². The molecule has 0 radical (unpaired) electrons. The van der Waals surface area contributed by atoms with Gasteiger partial charge < -0.3 is 0 Å². The zero-order valence-corrected chi connectivity index (χ0v) is 17.6. The van der Waals surface area contributed by atoms with Gasteiger partial charge in [0.2, 0.25) is 0 Å². The van der Waals surface area contributed by atoms with E-state index in [4.69, 9.17) is 0 Å². The minimum atomic E-state index is -0.790. The Morgan fingerprint density at radius 3 is 1.55 bits per heavy atom. The summed E-state index contributed by atoms with van der Waals surface area (Å²) in [6, 6.07) is 29.6. The van der Waals surface area contributed by atoms with E-state index in [0.29, 0.717) is 11.1 Å². The molecule has 2 nitrogen and oxygen atoms in total. The van der Waals surface area contributed by atoms with Crippen LogP contribution in [0.4, 0.5) is 0 Å². The number of Topliss-reactive ketones (excluding diaryl/α,β-unsaturated/α-hetero) is 2. The van der Waals surface area contributed by atoms with E-state index in [-0.39, 0.29) is 11.6 Å². The van der Waals surface area contributed by atoms with E-state index in [1.54, 1.807) is 0 Å². The van der Waals surface area contributed by atoms with E-state index in [9.17, 15) is 9.59 Å². The fourth-order valence-electron chi connectivity index (χ4n) is 4.59. The largest absolute Gasteiger partial charge is 0.293 e. The Labute approximate surface area is 182 Å². The van der Waals surface area contributed by atoms with Gasteiger partial charge in [0.05, 0.1) is 0 Å². The van der Waals surface area contributed by atoms with Crippen molar-refractivity contribution >= 4 is 11.6 Å². The van der Waals surface area contributed by atoms with Crippen molar-refractivity contribution in [3.8, 4) is 22.3 Å². The fraction of sp³-hybridized carbons (Fsp3) is 0.103. The van der Waals surface area contributed by atoms with E-state index >= 15 is 0 Å². The van der Waals surface area contributed by atoms with Crippen LogP contribution in [0.1, 0.15) is 43.3 Å². The maximum atomic E-state index is 13.8.